The molecule has 2 aromatic carbocycles. The Hall–Kier alpha value is -3.54. The second-order valence-electron chi connectivity index (χ2n) is 6.59. The summed E-state index contributed by atoms with van der Waals surface area (Å²) < 4.78 is 10.6. The maximum absolute atomic E-state index is 12.5. The van der Waals surface area contributed by atoms with E-state index in [1.54, 1.807) is 14.2 Å². The number of methoxy groups -OCH3 is 2. The molecule has 0 radical (unpaired) electrons. The highest BCUT2D eigenvalue weighted by atomic mass is 16.5. The average molecular weight is 359 g/mol. The highest BCUT2D eigenvalue weighted by molar-refractivity contribution is 6.35. The summed E-state index contributed by atoms with van der Waals surface area (Å²) in [5.74, 6) is 1.39. The molecule has 2 heterocycles. The van der Waals surface area contributed by atoms with Crippen molar-refractivity contribution in [1.29, 1.82) is 0 Å². The lowest BCUT2D eigenvalue weighted by molar-refractivity contribution is -0.110. The molecule has 2 N–H and O–H groups in total. The van der Waals surface area contributed by atoms with Crippen LogP contribution in [0.4, 0.5) is 5.69 Å². The molecule has 0 fully saturated rings. The van der Waals surface area contributed by atoms with E-state index in [1.165, 1.54) is 5.56 Å². The number of nitrogens with one attached hydrogen (secondary N) is 2. The predicted molar refractivity (Wildman–Crippen MR) is 103 cm³/mol. The van der Waals surface area contributed by atoms with Crippen molar-refractivity contribution in [3.63, 3.8) is 0 Å². The van der Waals surface area contributed by atoms with Gasteiger partial charge in [0.1, 0.15) is 11.5 Å². The SMILES string of the molecule is COc1ccc2c(c1)NC(=O)/C2=C\c1[nH]nc2c1Cc1ccc(OC)cc1-2. The van der Waals surface area contributed by atoms with E-state index in [2.05, 4.69) is 21.6 Å². The largest absolute Gasteiger partial charge is 0.497 e. The van der Waals surface area contributed by atoms with Crippen LogP contribution in [0.15, 0.2) is 36.4 Å². The Morgan fingerprint density at radius 3 is 2.63 bits per heavy atom. The number of aromatic nitrogens is 2. The van der Waals surface area contributed by atoms with Crippen molar-refractivity contribution in [3.8, 4) is 22.8 Å². The van der Waals surface area contributed by atoms with E-state index < -0.39 is 0 Å². The second-order valence-corrected chi connectivity index (χ2v) is 6.59. The summed E-state index contributed by atoms with van der Waals surface area (Å²) in [6, 6.07) is 11.6. The van der Waals surface area contributed by atoms with Gasteiger partial charge in [-0.2, -0.15) is 5.10 Å². The Balaban J connectivity index is 1.57. The minimum Gasteiger partial charge on any atom is -0.497 e. The molecule has 5 rings (SSSR count). The monoisotopic (exact) mass is 359 g/mol. The third-order valence-corrected chi connectivity index (χ3v) is 5.14. The molecule has 1 amide bonds. The number of fused-ring (bicyclic) bond motifs is 4. The molecule has 2 aliphatic rings. The summed E-state index contributed by atoms with van der Waals surface area (Å²) in [5.41, 5.74) is 7.40. The van der Waals surface area contributed by atoms with Gasteiger partial charge in [0.2, 0.25) is 0 Å². The van der Waals surface area contributed by atoms with Gasteiger partial charge in [-0.05, 0) is 35.9 Å². The van der Waals surface area contributed by atoms with Gasteiger partial charge in [0.25, 0.3) is 5.91 Å². The van der Waals surface area contributed by atoms with Gasteiger partial charge in [0.05, 0.1) is 36.9 Å². The third-order valence-electron chi connectivity index (χ3n) is 5.14. The van der Waals surface area contributed by atoms with E-state index in [1.807, 2.05) is 36.4 Å². The number of carbonyl (C=O) groups is 1. The van der Waals surface area contributed by atoms with Crippen LogP contribution in [-0.4, -0.2) is 30.3 Å². The van der Waals surface area contributed by atoms with E-state index in [0.717, 1.165) is 45.9 Å². The van der Waals surface area contributed by atoms with Crippen molar-refractivity contribution in [2.75, 3.05) is 19.5 Å². The Morgan fingerprint density at radius 2 is 1.81 bits per heavy atom. The smallest absolute Gasteiger partial charge is 0.256 e. The van der Waals surface area contributed by atoms with Crippen molar-refractivity contribution in [1.82, 2.24) is 10.2 Å². The van der Waals surface area contributed by atoms with Crippen molar-refractivity contribution in [3.05, 3.63) is 58.8 Å². The fourth-order valence-electron chi connectivity index (χ4n) is 3.74. The zero-order valence-electron chi connectivity index (χ0n) is 14.9. The molecule has 0 saturated carbocycles. The molecule has 6 heteroatoms. The normalized spacial score (nSPS) is 15.3. The lowest BCUT2D eigenvalue weighted by atomic mass is 10.0. The Bertz CT molecular complexity index is 1130. The number of rotatable bonds is 3. The number of ether oxygens (including phenoxy) is 2. The minimum atomic E-state index is -0.126. The van der Waals surface area contributed by atoms with Crippen LogP contribution in [0.1, 0.15) is 22.4 Å². The van der Waals surface area contributed by atoms with E-state index >= 15 is 0 Å². The average Bonchev–Trinajstić information content (AvgIpc) is 3.34. The molecule has 0 bridgehead atoms. The van der Waals surface area contributed by atoms with Gasteiger partial charge < -0.3 is 14.8 Å². The number of hydrogen-bond acceptors (Lipinski definition) is 4. The second kappa shape index (κ2) is 5.74. The van der Waals surface area contributed by atoms with E-state index in [0.29, 0.717) is 11.3 Å². The molecular weight excluding hydrogens is 342 g/mol. The highest BCUT2D eigenvalue weighted by Crippen LogP contribution is 2.41. The molecule has 6 nitrogen and oxygen atoms in total. The van der Waals surface area contributed by atoms with E-state index in [4.69, 9.17) is 9.47 Å². The molecule has 134 valence electrons. The van der Waals surface area contributed by atoms with Gasteiger partial charge >= 0.3 is 0 Å². The number of nitrogens with zero attached hydrogens (tertiary/aromatic N) is 1. The first-order valence-corrected chi connectivity index (χ1v) is 8.64. The quantitative estimate of drug-likeness (QED) is 0.549. The molecule has 1 aliphatic heterocycles. The molecule has 0 saturated heterocycles. The first kappa shape index (κ1) is 15.7. The minimum absolute atomic E-state index is 0.126. The summed E-state index contributed by atoms with van der Waals surface area (Å²) in [5, 5.41) is 10.5. The van der Waals surface area contributed by atoms with Gasteiger partial charge in [-0.25, -0.2) is 0 Å². The first-order chi connectivity index (χ1) is 13.2. The number of benzene rings is 2. The fraction of sp³-hybridized carbons (Fsp3) is 0.143. The molecule has 0 spiro atoms. The van der Waals surface area contributed by atoms with Crippen LogP contribution in [0.25, 0.3) is 22.9 Å². The predicted octanol–water partition coefficient (Wildman–Crippen LogP) is 3.49. The van der Waals surface area contributed by atoms with Crippen LogP contribution in [0.2, 0.25) is 0 Å². The van der Waals surface area contributed by atoms with E-state index in [-0.39, 0.29) is 5.91 Å². The van der Waals surface area contributed by atoms with Crippen LogP contribution >= 0.6 is 0 Å². The Kier molecular flexibility index (Phi) is 3.33. The number of H-pyrrole nitrogens is 1. The van der Waals surface area contributed by atoms with Crippen molar-refractivity contribution < 1.29 is 14.3 Å². The Morgan fingerprint density at radius 1 is 1.04 bits per heavy atom. The highest BCUT2D eigenvalue weighted by Gasteiger charge is 2.28. The van der Waals surface area contributed by atoms with Crippen LogP contribution in [0.3, 0.4) is 0 Å². The maximum Gasteiger partial charge on any atom is 0.256 e. The lowest BCUT2D eigenvalue weighted by Crippen LogP contribution is -2.03. The molecule has 3 aromatic rings. The number of hydrogen-bond donors (Lipinski definition) is 2. The summed E-state index contributed by atoms with van der Waals surface area (Å²) in [4.78, 5) is 12.5. The maximum atomic E-state index is 12.5. The van der Waals surface area contributed by atoms with Gasteiger partial charge in [0.15, 0.2) is 0 Å². The zero-order chi connectivity index (χ0) is 18.5. The molecular formula is C21H17N3O3. The molecule has 27 heavy (non-hydrogen) atoms. The van der Waals surface area contributed by atoms with Gasteiger partial charge in [-0.1, -0.05) is 6.07 Å². The lowest BCUT2D eigenvalue weighted by Gasteiger charge is -2.03. The zero-order valence-corrected chi connectivity index (χ0v) is 14.9. The topological polar surface area (TPSA) is 76.2 Å². The number of carbonyl (C=O) groups excluding carboxylic acids is 1. The molecule has 1 aliphatic carbocycles. The Labute approximate surface area is 155 Å². The van der Waals surface area contributed by atoms with Gasteiger partial charge in [0, 0.05) is 29.2 Å². The number of aromatic amines is 1. The third kappa shape index (κ3) is 2.33. The molecule has 0 atom stereocenters. The van der Waals surface area contributed by atoms with Crippen molar-refractivity contribution >= 4 is 23.2 Å². The number of anilines is 1. The van der Waals surface area contributed by atoms with E-state index in [9.17, 15) is 4.79 Å². The standard InChI is InChI=1S/C21H17N3O3/c1-26-12-4-3-11-7-17-19(23-24-20(17)15(11)8-12)10-16-14-6-5-13(27-2)9-18(14)22-21(16)25/h3-6,8-10H,7H2,1-2H3,(H,22,25)(H,23,24)/b16-10-. The van der Waals surface area contributed by atoms with Crippen molar-refractivity contribution in [2.24, 2.45) is 0 Å². The van der Waals surface area contributed by atoms with Crippen LogP contribution in [0, 0.1) is 0 Å². The summed E-state index contributed by atoms with van der Waals surface area (Å²) in [6.07, 6.45) is 2.66. The van der Waals surface area contributed by atoms with Crippen LogP contribution in [-0.2, 0) is 11.2 Å². The van der Waals surface area contributed by atoms with Gasteiger partial charge in [-0.15, -0.1) is 0 Å². The van der Waals surface area contributed by atoms with Crippen LogP contribution < -0.4 is 14.8 Å². The van der Waals surface area contributed by atoms with Crippen molar-refractivity contribution in [2.45, 2.75) is 6.42 Å². The van der Waals surface area contributed by atoms with Crippen LogP contribution in [0.5, 0.6) is 11.5 Å². The fourth-order valence-corrected chi connectivity index (χ4v) is 3.74. The first-order valence-electron chi connectivity index (χ1n) is 8.64. The summed E-state index contributed by atoms with van der Waals surface area (Å²) >= 11 is 0. The molecule has 0 unspecified atom stereocenters. The number of amides is 1. The molecule has 1 aromatic heterocycles. The van der Waals surface area contributed by atoms with Gasteiger partial charge in [-0.3, -0.25) is 9.89 Å². The summed E-state index contributed by atoms with van der Waals surface area (Å²) in [7, 11) is 3.26. The summed E-state index contributed by atoms with van der Waals surface area (Å²) in [6.45, 7) is 0.